The molecule has 1 aliphatic heterocycles. The maximum atomic E-state index is 12.5. The molecule has 1 amide bonds. The van der Waals surface area contributed by atoms with Crippen molar-refractivity contribution in [1.29, 1.82) is 0 Å². The quantitative estimate of drug-likeness (QED) is 0.930. The van der Waals surface area contributed by atoms with Crippen molar-refractivity contribution in [2.75, 3.05) is 26.8 Å². The van der Waals surface area contributed by atoms with Crippen LogP contribution < -0.4 is 4.74 Å². The zero-order chi connectivity index (χ0) is 15.5. The van der Waals surface area contributed by atoms with E-state index >= 15 is 0 Å². The summed E-state index contributed by atoms with van der Waals surface area (Å²) in [6.07, 6.45) is 2.63. The van der Waals surface area contributed by atoms with Crippen molar-refractivity contribution >= 4 is 17.5 Å². The van der Waals surface area contributed by atoms with Gasteiger partial charge in [0, 0.05) is 25.3 Å². The molecule has 1 fully saturated rings. The Morgan fingerprint density at radius 2 is 2.10 bits per heavy atom. The lowest BCUT2D eigenvalue weighted by atomic mass is 9.77. The number of halogens is 1. The molecule has 0 unspecified atom stereocenters. The SMILES string of the molecule is CCC1(CO)CCN(C(=O)c2ccc(Cl)c(OC)c2)CC1. The van der Waals surface area contributed by atoms with Crippen LogP contribution in [0.4, 0.5) is 0 Å². The topological polar surface area (TPSA) is 49.8 Å². The number of carbonyl (C=O) groups is 1. The first-order valence-electron chi connectivity index (χ1n) is 7.29. The van der Waals surface area contributed by atoms with Crippen molar-refractivity contribution in [2.24, 2.45) is 5.41 Å². The molecule has 5 heteroatoms. The molecule has 1 aliphatic rings. The minimum Gasteiger partial charge on any atom is -0.495 e. The van der Waals surface area contributed by atoms with Crippen LogP contribution in [-0.2, 0) is 0 Å². The summed E-state index contributed by atoms with van der Waals surface area (Å²) in [5.74, 6) is 0.505. The smallest absolute Gasteiger partial charge is 0.253 e. The van der Waals surface area contributed by atoms with Crippen LogP contribution in [0.1, 0.15) is 36.5 Å². The Labute approximate surface area is 130 Å². The number of aliphatic hydroxyl groups is 1. The zero-order valence-electron chi connectivity index (χ0n) is 12.6. The molecule has 0 spiro atoms. The van der Waals surface area contributed by atoms with Crippen LogP contribution in [0.5, 0.6) is 5.75 Å². The number of rotatable bonds is 4. The number of aliphatic hydroxyl groups excluding tert-OH is 1. The van der Waals surface area contributed by atoms with Crippen LogP contribution in [-0.4, -0.2) is 42.7 Å². The van der Waals surface area contributed by atoms with Gasteiger partial charge in [0.2, 0.25) is 0 Å². The second-order valence-corrected chi connectivity index (χ2v) is 6.06. The Kier molecular flexibility index (Phi) is 5.12. The third-order valence-electron chi connectivity index (χ3n) is 4.59. The molecule has 116 valence electrons. The summed E-state index contributed by atoms with van der Waals surface area (Å²) < 4.78 is 5.16. The van der Waals surface area contributed by atoms with Gasteiger partial charge in [0.05, 0.1) is 12.1 Å². The Hall–Kier alpha value is -1.26. The van der Waals surface area contributed by atoms with Gasteiger partial charge in [-0.3, -0.25) is 4.79 Å². The van der Waals surface area contributed by atoms with Gasteiger partial charge in [-0.1, -0.05) is 18.5 Å². The standard InChI is InChI=1S/C16H22ClNO3/c1-3-16(11-19)6-8-18(9-7-16)15(20)12-4-5-13(17)14(10-12)21-2/h4-5,10,19H,3,6-9,11H2,1-2H3. The molecule has 1 aromatic carbocycles. The molecule has 1 aromatic rings. The molecule has 4 nitrogen and oxygen atoms in total. The van der Waals surface area contributed by atoms with E-state index in [4.69, 9.17) is 16.3 Å². The number of piperidine rings is 1. The Balaban J connectivity index is 2.08. The molecule has 0 saturated carbocycles. The highest BCUT2D eigenvalue weighted by Gasteiger charge is 2.34. The Morgan fingerprint density at radius 3 is 2.62 bits per heavy atom. The van der Waals surface area contributed by atoms with E-state index in [0.29, 0.717) is 29.4 Å². The molecule has 1 N–H and O–H groups in total. The number of hydrogen-bond donors (Lipinski definition) is 1. The highest BCUT2D eigenvalue weighted by molar-refractivity contribution is 6.32. The first-order valence-corrected chi connectivity index (χ1v) is 7.67. The van der Waals surface area contributed by atoms with Crippen molar-refractivity contribution in [3.05, 3.63) is 28.8 Å². The Morgan fingerprint density at radius 1 is 1.43 bits per heavy atom. The van der Waals surface area contributed by atoms with Gasteiger partial charge >= 0.3 is 0 Å². The van der Waals surface area contributed by atoms with Crippen molar-refractivity contribution in [3.63, 3.8) is 0 Å². The van der Waals surface area contributed by atoms with Crippen molar-refractivity contribution in [2.45, 2.75) is 26.2 Å². The fourth-order valence-electron chi connectivity index (χ4n) is 2.78. The number of hydrogen-bond acceptors (Lipinski definition) is 3. The van der Waals surface area contributed by atoms with Crippen LogP contribution in [0.25, 0.3) is 0 Å². The summed E-state index contributed by atoms with van der Waals surface area (Å²) in [7, 11) is 1.53. The van der Waals surface area contributed by atoms with Gasteiger partial charge in [0.25, 0.3) is 5.91 Å². The second kappa shape index (κ2) is 6.67. The average Bonchev–Trinajstić information content (AvgIpc) is 2.54. The van der Waals surface area contributed by atoms with Crippen molar-refractivity contribution in [3.8, 4) is 5.75 Å². The van der Waals surface area contributed by atoms with Crippen LogP contribution in [0.3, 0.4) is 0 Å². The van der Waals surface area contributed by atoms with Crippen LogP contribution in [0.2, 0.25) is 5.02 Å². The molecule has 0 radical (unpaired) electrons. The van der Waals surface area contributed by atoms with E-state index < -0.39 is 0 Å². The third-order valence-corrected chi connectivity index (χ3v) is 4.91. The number of benzene rings is 1. The fraction of sp³-hybridized carbons (Fsp3) is 0.562. The summed E-state index contributed by atoms with van der Waals surface area (Å²) in [6.45, 7) is 3.65. The normalized spacial score (nSPS) is 17.6. The molecule has 1 saturated heterocycles. The molecule has 0 aromatic heterocycles. The first kappa shape index (κ1) is 16.1. The van der Waals surface area contributed by atoms with Gasteiger partial charge in [-0.2, -0.15) is 0 Å². The summed E-state index contributed by atoms with van der Waals surface area (Å²) in [4.78, 5) is 14.4. The molecule has 0 atom stereocenters. The monoisotopic (exact) mass is 311 g/mol. The predicted molar refractivity (Wildman–Crippen MR) is 83.0 cm³/mol. The highest BCUT2D eigenvalue weighted by atomic mass is 35.5. The Bertz CT molecular complexity index is 504. The van der Waals surface area contributed by atoms with E-state index in [2.05, 4.69) is 6.92 Å². The number of amides is 1. The number of methoxy groups -OCH3 is 1. The lowest BCUT2D eigenvalue weighted by Gasteiger charge is -2.40. The van der Waals surface area contributed by atoms with Gasteiger partial charge in [-0.05, 0) is 42.9 Å². The zero-order valence-corrected chi connectivity index (χ0v) is 13.3. The van der Waals surface area contributed by atoms with Gasteiger partial charge in [-0.15, -0.1) is 0 Å². The average molecular weight is 312 g/mol. The van der Waals surface area contributed by atoms with Gasteiger partial charge < -0.3 is 14.7 Å². The van der Waals surface area contributed by atoms with E-state index in [1.807, 2.05) is 4.90 Å². The fourth-order valence-corrected chi connectivity index (χ4v) is 2.98. The van der Waals surface area contributed by atoms with Crippen LogP contribution in [0, 0.1) is 5.41 Å². The summed E-state index contributed by atoms with van der Waals surface area (Å²) in [5.41, 5.74) is 0.568. The lowest BCUT2D eigenvalue weighted by Crippen LogP contribution is -2.44. The maximum absolute atomic E-state index is 12.5. The van der Waals surface area contributed by atoms with Crippen LogP contribution >= 0.6 is 11.6 Å². The van der Waals surface area contributed by atoms with Gasteiger partial charge in [0.15, 0.2) is 0 Å². The minimum atomic E-state index is -0.0194. The second-order valence-electron chi connectivity index (χ2n) is 5.65. The molecule has 2 rings (SSSR count). The number of nitrogens with zero attached hydrogens (tertiary/aromatic N) is 1. The molecular formula is C16H22ClNO3. The van der Waals surface area contributed by atoms with E-state index in [0.717, 1.165) is 19.3 Å². The maximum Gasteiger partial charge on any atom is 0.253 e. The van der Waals surface area contributed by atoms with E-state index in [1.165, 1.54) is 7.11 Å². The predicted octanol–water partition coefficient (Wildman–Crippen LogP) is 2.97. The number of ether oxygens (including phenoxy) is 1. The minimum absolute atomic E-state index is 0.00684. The molecule has 1 heterocycles. The lowest BCUT2D eigenvalue weighted by molar-refractivity contribution is 0.0338. The molecule has 21 heavy (non-hydrogen) atoms. The number of carbonyl (C=O) groups excluding carboxylic acids is 1. The summed E-state index contributed by atoms with van der Waals surface area (Å²) in [6, 6.07) is 5.08. The molecular weight excluding hydrogens is 290 g/mol. The van der Waals surface area contributed by atoms with Gasteiger partial charge in [0.1, 0.15) is 5.75 Å². The molecule has 0 bridgehead atoms. The van der Waals surface area contributed by atoms with E-state index in [-0.39, 0.29) is 17.9 Å². The molecule has 0 aliphatic carbocycles. The summed E-state index contributed by atoms with van der Waals surface area (Å²) >= 11 is 5.98. The van der Waals surface area contributed by atoms with E-state index in [9.17, 15) is 9.90 Å². The van der Waals surface area contributed by atoms with E-state index in [1.54, 1.807) is 18.2 Å². The number of likely N-dealkylation sites (tertiary alicyclic amines) is 1. The first-order chi connectivity index (χ1) is 10.0. The van der Waals surface area contributed by atoms with Crippen molar-refractivity contribution < 1.29 is 14.6 Å². The van der Waals surface area contributed by atoms with Crippen molar-refractivity contribution in [1.82, 2.24) is 4.90 Å². The van der Waals surface area contributed by atoms with Crippen LogP contribution in [0.15, 0.2) is 18.2 Å². The third kappa shape index (κ3) is 3.33. The summed E-state index contributed by atoms with van der Waals surface area (Å²) in [5, 5.41) is 10.0. The van der Waals surface area contributed by atoms with Gasteiger partial charge in [-0.25, -0.2) is 0 Å². The highest BCUT2D eigenvalue weighted by Crippen LogP contribution is 2.35. The largest absolute Gasteiger partial charge is 0.495 e.